The lowest BCUT2D eigenvalue weighted by Crippen LogP contribution is -2.27. The highest BCUT2D eigenvalue weighted by Gasteiger charge is 2.19. The first kappa shape index (κ1) is 15.7. The maximum Gasteiger partial charge on any atom is 0.272 e. The van der Waals surface area contributed by atoms with Gasteiger partial charge in [-0.3, -0.25) is 20.0 Å². The number of nitrogens with zero attached hydrogens (tertiary/aromatic N) is 2. The first-order valence-corrected chi connectivity index (χ1v) is 7.46. The van der Waals surface area contributed by atoms with Crippen LogP contribution in [0, 0.1) is 17.0 Å². The van der Waals surface area contributed by atoms with Crippen molar-refractivity contribution in [3.63, 3.8) is 0 Å². The third-order valence-electron chi connectivity index (χ3n) is 3.97. The molecule has 7 nitrogen and oxygen atoms in total. The average Bonchev–Trinajstić information content (AvgIpc) is 2.98. The molecule has 0 spiro atoms. The van der Waals surface area contributed by atoms with E-state index in [1.54, 1.807) is 6.07 Å². The fraction of sp³-hybridized carbons (Fsp3) is 0.176. The van der Waals surface area contributed by atoms with E-state index >= 15 is 0 Å². The van der Waals surface area contributed by atoms with Crippen LogP contribution in [0.4, 0.5) is 5.69 Å². The van der Waals surface area contributed by atoms with Gasteiger partial charge in [-0.2, -0.15) is 5.10 Å². The summed E-state index contributed by atoms with van der Waals surface area (Å²) in [5.41, 5.74) is 2.73. The van der Waals surface area contributed by atoms with Crippen LogP contribution in [0.2, 0.25) is 0 Å². The fourth-order valence-corrected chi connectivity index (χ4v) is 2.70. The predicted octanol–water partition coefficient (Wildman–Crippen LogP) is 3.27. The van der Waals surface area contributed by atoms with Gasteiger partial charge in [0.15, 0.2) is 5.69 Å². The summed E-state index contributed by atoms with van der Waals surface area (Å²) in [4.78, 5) is 23.0. The van der Waals surface area contributed by atoms with E-state index in [1.165, 1.54) is 12.1 Å². The SMILES string of the molecule is Cc1ccccc1C(C)NC(=O)c1n[nH]c2ccc([N+](=O)[O-])cc12. The van der Waals surface area contributed by atoms with Crippen LogP contribution in [0.15, 0.2) is 42.5 Å². The Kier molecular flexibility index (Phi) is 3.99. The highest BCUT2D eigenvalue weighted by molar-refractivity contribution is 6.05. The lowest BCUT2D eigenvalue weighted by Gasteiger charge is -2.15. The number of hydrogen-bond donors (Lipinski definition) is 2. The largest absolute Gasteiger partial charge is 0.344 e. The van der Waals surface area contributed by atoms with E-state index in [4.69, 9.17) is 0 Å². The van der Waals surface area contributed by atoms with Crippen molar-refractivity contribution in [3.05, 3.63) is 69.4 Å². The number of nitrogens with one attached hydrogen (secondary N) is 2. The molecule has 0 aliphatic carbocycles. The van der Waals surface area contributed by atoms with E-state index in [0.29, 0.717) is 10.9 Å². The smallest absolute Gasteiger partial charge is 0.272 e. The zero-order chi connectivity index (χ0) is 17.3. The number of hydrogen-bond acceptors (Lipinski definition) is 4. The molecule has 0 bridgehead atoms. The summed E-state index contributed by atoms with van der Waals surface area (Å²) in [6.07, 6.45) is 0. The number of carbonyl (C=O) groups excluding carboxylic acids is 1. The van der Waals surface area contributed by atoms with Crippen LogP contribution in [0.1, 0.15) is 34.6 Å². The van der Waals surface area contributed by atoms with Gasteiger partial charge in [-0.25, -0.2) is 0 Å². The molecule has 1 aromatic heterocycles. The minimum atomic E-state index is -0.496. The molecule has 1 unspecified atom stereocenters. The lowest BCUT2D eigenvalue weighted by molar-refractivity contribution is -0.384. The van der Waals surface area contributed by atoms with Crippen LogP contribution in [0.25, 0.3) is 10.9 Å². The fourth-order valence-electron chi connectivity index (χ4n) is 2.70. The van der Waals surface area contributed by atoms with E-state index in [-0.39, 0.29) is 23.3 Å². The van der Waals surface area contributed by atoms with E-state index < -0.39 is 4.92 Å². The Morgan fingerprint density at radius 2 is 2.04 bits per heavy atom. The molecule has 0 saturated carbocycles. The summed E-state index contributed by atoms with van der Waals surface area (Å²) < 4.78 is 0. The quantitative estimate of drug-likeness (QED) is 0.568. The third kappa shape index (κ3) is 2.83. The Bertz CT molecular complexity index is 932. The highest BCUT2D eigenvalue weighted by Crippen LogP contribution is 2.23. The molecular formula is C17H16N4O3. The van der Waals surface area contributed by atoms with Crippen LogP contribution < -0.4 is 5.32 Å². The molecule has 0 aliphatic rings. The van der Waals surface area contributed by atoms with Gasteiger partial charge in [-0.1, -0.05) is 24.3 Å². The molecule has 1 amide bonds. The van der Waals surface area contributed by atoms with Gasteiger partial charge in [-0.05, 0) is 31.0 Å². The molecule has 122 valence electrons. The van der Waals surface area contributed by atoms with Crippen LogP contribution in [-0.2, 0) is 0 Å². The minimum absolute atomic E-state index is 0.0788. The number of benzene rings is 2. The van der Waals surface area contributed by atoms with E-state index in [9.17, 15) is 14.9 Å². The first-order valence-electron chi connectivity index (χ1n) is 7.46. The molecule has 1 atom stereocenters. The number of fused-ring (bicyclic) bond motifs is 1. The minimum Gasteiger partial charge on any atom is -0.344 e. The van der Waals surface area contributed by atoms with Crippen molar-refractivity contribution in [1.82, 2.24) is 15.5 Å². The number of aromatic nitrogens is 2. The Balaban J connectivity index is 1.90. The van der Waals surface area contributed by atoms with Crippen molar-refractivity contribution in [2.45, 2.75) is 19.9 Å². The number of rotatable bonds is 4. The van der Waals surface area contributed by atoms with E-state index in [1.807, 2.05) is 38.1 Å². The molecule has 2 aromatic carbocycles. The van der Waals surface area contributed by atoms with Gasteiger partial charge >= 0.3 is 0 Å². The molecule has 24 heavy (non-hydrogen) atoms. The van der Waals surface area contributed by atoms with Gasteiger partial charge in [0, 0.05) is 17.5 Å². The van der Waals surface area contributed by atoms with Gasteiger partial charge in [0.25, 0.3) is 11.6 Å². The Hall–Kier alpha value is -3.22. The second kappa shape index (κ2) is 6.11. The maximum atomic E-state index is 12.5. The van der Waals surface area contributed by atoms with Crippen molar-refractivity contribution in [2.75, 3.05) is 0 Å². The molecule has 2 N–H and O–H groups in total. The number of amides is 1. The lowest BCUT2D eigenvalue weighted by atomic mass is 10.0. The second-order valence-electron chi connectivity index (χ2n) is 5.61. The highest BCUT2D eigenvalue weighted by atomic mass is 16.6. The number of nitro benzene ring substituents is 1. The van der Waals surface area contributed by atoms with Gasteiger partial charge in [-0.15, -0.1) is 0 Å². The summed E-state index contributed by atoms with van der Waals surface area (Å²) in [5.74, 6) is -0.377. The predicted molar refractivity (Wildman–Crippen MR) is 89.8 cm³/mol. The zero-order valence-corrected chi connectivity index (χ0v) is 13.2. The van der Waals surface area contributed by atoms with Crippen molar-refractivity contribution >= 4 is 22.5 Å². The van der Waals surface area contributed by atoms with Crippen molar-refractivity contribution in [2.24, 2.45) is 0 Å². The standard InChI is InChI=1S/C17H16N4O3/c1-10-5-3-4-6-13(10)11(2)18-17(22)16-14-9-12(21(23)24)7-8-15(14)19-20-16/h3-9,11H,1-2H3,(H,18,22)(H,19,20). The van der Waals surface area contributed by atoms with Crippen molar-refractivity contribution in [3.8, 4) is 0 Å². The number of aromatic amines is 1. The monoisotopic (exact) mass is 324 g/mol. The summed E-state index contributed by atoms with van der Waals surface area (Å²) in [7, 11) is 0. The van der Waals surface area contributed by atoms with E-state index in [0.717, 1.165) is 11.1 Å². The summed E-state index contributed by atoms with van der Waals surface area (Å²) in [6.45, 7) is 3.86. The van der Waals surface area contributed by atoms with Crippen molar-refractivity contribution in [1.29, 1.82) is 0 Å². The second-order valence-corrected chi connectivity index (χ2v) is 5.61. The van der Waals surface area contributed by atoms with Crippen LogP contribution in [0.5, 0.6) is 0 Å². The molecule has 7 heteroatoms. The Morgan fingerprint density at radius 1 is 1.29 bits per heavy atom. The van der Waals surface area contributed by atoms with Crippen LogP contribution >= 0.6 is 0 Å². The van der Waals surface area contributed by atoms with Gasteiger partial charge < -0.3 is 5.32 Å². The average molecular weight is 324 g/mol. The van der Waals surface area contributed by atoms with Crippen LogP contribution in [0.3, 0.4) is 0 Å². The summed E-state index contributed by atoms with van der Waals surface area (Å²) >= 11 is 0. The molecule has 0 aliphatic heterocycles. The molecule has 3 rings (SSSR count). The maximum absolute atomic E-state index is 12.5. The normalized spacial score (nSPS) is 12.1. The number of nitro groups is 1. The van der Waals surface area contributed by atoms with Gasteiger partial charge in [0.2, 0.25) is 0 Å². The molecule has 1 heterocycles. The molecule has 0 fully saturated rings. The third-order valence-corrected chi connectivity index (χ3v) is 3.97. The number of non-ortho nitro benzene ring substituents is 1. The zero-order valence-electron chi connectivity index (χ0n) is 13.2. The molecule has 0 saturated heterocycles. The van der Waals surface area contributed by atoms with Gasteiger partial charge in [0.1, 0.15) is 0 Å². The molecular weight excluding hydrogens is 308 g/mol. The van der Waals surface area contributed by atoms with E-state index in [2.05, 4.69) is 15.5 Å². The number of carbonyl (C=O) groups is 1. The topological polar surface area (TPSA) is 101 Å². The molecule has 3 aromatic rings. The number of aryl methyl sites for hydroxylation is 1. The van der Waals surface area contributed by atoms with Gasteiger partial charge in [0.05, 0.1) is 16.5 Å². The Labute approximate surface area is 137 Å². The first-order chi connectivity index (χ1) is 11.5. The summed E-state index contributed by atoms with van der Waals surface area (Å²) in [5, 5.41) is 21.0. The summed E-state index contributed by atoms with van der Waals surface area (Å²) in [6, 6.07) is 11.8. The number of H-pyrrole nitrogens is 1. The molecule has 0 radical (unpaired) electrons. The van der Waals surface area contributed by atoms with Crippen molar-refractivity contribution < 1.29 is 9.72 Å². The van der Waals surface area contributed by atoms with Crippen LogP contribution in [-0.4, -0.2) is 21.0 Å². The Morgan fingerprint density at radius 3 is 2.75 bits per heavy atom.